The highest BCUT2D eigenvalue weighted by Crippen LogP contribution is 2.45. The maximum absolute atomic E-state index is 5.79. The maximum atomic E-state index is 5.79. The standard InChI is InChI=1S/C10H18O2/c1-6-4-7(2)10-8(6)5-9(11-3)12-10/h6-10H,4-5H2,1-3H3/t6-,7-,8+,9?,10-/m1/s1. The first kappa shape index (κ1) is 8.52. The SMILES string of the molecule is COC1C[C@@H]2[C@H](O1)[C@H](C)C[C@H]2C. The van der Waals surface area contributed by atoms with Crippen molar-refractivity contribution in [3.05, 3.63) is 0 Å². The van der Waals surface area contributed by atoms with Gasteiger partial charge in [0.25, 0.3) is 0 Å². The van der Waals surface area contributed by atoms with E-state index >= 15 is 0 Å². The lowest BCUT2D eigenvalue weighted by atomic mass is 9.95. The Labute approximate surface area is 74.2 Å². The van der Waals surface area contributed by atoms with Crippen LogP contribution in [0.3, 0.4) is 0 Å². The van der Waals surface area contributed by atoms with E-state index < -0.39 is 0 Å². The predicted molar refractivity (Wildman–Crippen MR) is 46.7 cm³/mol. The summed E-state index contributed by atoms with van der Waals surface area (Å²) in [5, 5.41) is 0. The van der Waals surface area contributed by atoms with E-state index in [1.807, 2.05) is 0 Å². The van der Waals surface area contributed by atoms with Gasteiger partial charge < -0.3 is 9.47 Å². The molecule has 2 fully saturated rings. The minimum absolute atomic E-state index is 0.0743. The molecule has 0 aromatic carbocycles. The summed E-state index contributed by atoms with van der Waals surface area (Å²) in [7, 11) is 1.74. The van der Waals surface area contributed by atoms with Gasteiger partial charge in [-0.25, -0.2) is 0 Å². The maximum Gasteiger partial charge on any atom is 0.157 e. The van der Waals surface area contributed by atoms with E-state index in [-0.39, 0.29) is 6.29 Å². The molecule has 1 unspecified atom stereocenters. The first-order valence-corrected chi connectivity index (χ1v) is 4.90. The number of hydrogen-bond acceptors (Lipinski definition) is 2. The smallest absolute Gasteiger partial charge is 0.157 e. The lowest BCUT2D eigenvalue weighted by Gasteiger charge is -2.14. The Morgan fingerprint density at radius 3 is 2.50 bits per heavy atom. The summed E-state index contributed by atoms with van der Waals surface area (Å²) in [6, 6.07) is 0. The van der Waals surface area contributed by atoms with Crippen molar-refractivity contribution < 1.29 is 9.47 Å². The van der Waals surface area contributed by atoms with Crippen molar-refractivity contribution in [2.75, 3.05) is 7.11 Å². The second-order valence-electron chi connectivity index (χ2n) is 4.36. The molecule has 0 amide bonds. The summed E-state index contributed by atoms with van der Waals surface area (Å²) >= 11 is 0. The molecular formula is C10H18O2. The molecule has 0 bridgehead atoms. The average Bonchev–Trinajstić information content (AvgIpc) is 2.55. The van der Waals surface area contributed by atoms with Gasteiger partial charge in [0.05, 0.1) is 6.10 Å². The Morgan fingerprint density at radius 2 is 1.92 bits per heavy atom. The van der Waals surface area contributed by atoms with E-state index in [0.29, 0.717) is 6.10 Å². The molecule has 5 atom stereocenters. The van der Waals surface area contributed by atoms with Crippen LogP contribution in [0.15, 0.2) is 0 Å². The predicted octanol–water partition coefficient (Wildman–Crippen LogP) is 2.04. The van der Waals surface area contributed by atoms with Crippen LogP contribution in [0.5, 0.6) is 0 Å². The summed E-state index contributed by atoms with van der Waals surface area (Å²) in [6.07, 6.45) is 2.98. The van der Waals surface area contributed by atoms with Gasteiger partial charge in [0.2, 0.25) is 0 Å². The highest BCUT2D eigenvalue weighted by Gasteiger charge is 2.46. The van der Waals surface area contributed by atoms with Crippen molar-refractivity contribution in [2.24, 2.45) is 17.8 Å². The molecule has 2 heteroatoms. The fraction of sp³-hybridized carbons (Fsp3) is 1.00. The van der Waals surface area contributed by atoms with E-state index in [4.69, 9.17) is 9.47 Å². The van der Waals surface area contributed by atoms with Gasteiger partial charge in [0.15, 0.2) is 6.29 Å². The molecular weight excluding hydrogens is 152 g/mol. The van der Waals surface area contributed by atoms with Crippen molar-refractivity contribution >= 4 is 0 Å². The molecule has 2 nitrogen and oxygen atoms in total. The number of hydrogen-bond donors (Lipinski definition) is 0. The number of ether oxygens (including phenoxy) is 2. The molecule has 1 saturated heterocycles. The molecule has 2 rings (SSSR count). The summed E-state index contributed by atoms with van der Waals surface area (Å²) in [6.45, 7) is 4.63. The summed E-state index contributed by atoms with van der Waals surface area (Å²) in [4.78, 5) is 0. The van der Waals surface area contributed by atoms with Gasteiger partial charge in [-0.15, -0.1) is 0 Å². The normalized spacial score (nSPS) is 52.8. The Kier molecular flexibility index (Phi) is 2.13. The molecule has 1 aliphatic carbocycles. The highest BCUT2D eigenvalue weighted by molar-refractivity contribution is 4.92. The van der Waals surface area contributed by atoms with Gasteiger partial charge in [0, 0.05) is 13.5 Å². The minimum Gasteiger partial charge on any atom is -0.356 e. The molecule has 0 spiro atoms. The van der Waals surface area contributed by atoms with Crippen LogP contribution in [0, 0.1) is 17.8 Å². The first-order valence-electron chi connectivity index (χ1n) is 4.90. The van der Waals surface area contributed by atoms with E-state index in [9.17, 15) is 0 Å². The zero-order valence-electron chi connectivity index (χ0n) is 8.12. The molecule has 1 heterocycles. The van der Waals surface area contributed by atoms with Gasteiger partial charge in [-0.2, -0.15) is 0 Å². The Balaban J connectivity index is 2.04. The van der Waals surface area contributed by atoms with Crippen LogP contribution in [0.1, 0.15) is 26.7 Å². The number of methoxy groups -OCH3 is 1. The van der Waals surface area contributed by atoms with Crippen molar-refractivity contribution in [3.8, 4) is 0 Å². The fourth-order valence-corrected chi connectivity index (χ4v) is 2.85. The van der Waals surface area contributed by atoms with E-state index in [1.165, 1.54) is 6.42 Å². The second-order valence-corrected chi connectivity index (χ2v) is 4.36. The van der Waals surface area contributed by atoms with Crippen LogP contribution in [-0.2, 0) is 9.47 Å². The third-order valence-electron chi connectivity index (χ3n) is 3.49. The largest absolute Gasteiger partial charge is 0.356 e. The van der Waals surface area contributed by atoms with E-state index in [2.05, 4.69) is 13.8 Å². The van der Waals surface area contributed by atoms with Gasteiger partial charge >= 0.3 is 0 Å². The Bertz CT molecular complexity index is 153. The van der Waals surface area contributed by atoms with Crippen molar-refractivity contribution in [1.29, 1.82) is 0 Å². The number of rotatable bonds is 1. The third-order valence-corrected chi connectivity index (χ3v) is 3.49. The molecule has 2 aliphatic rings. The summed E-state index contributed by atoms with van der Waals surface area (Å²) in [5.41, 5.74) is 0. The zero-order valence-corrected chi connectivity index (χ0v) is 8.12. The van der Waals surface area contributed by atoms with Crippen molar-refractivity contribution in [3.63, 3.8) is 0 Å². The lowest BCUT2D eigenvalue weighted by molar-refractivity contribution is -0.123. The molecule has 70 valence electrons. The van der Waals surface area contributed by atoms with Gasteiger partial charge in [0.1, 0.15) is 0 Å². The lowest BCUT2D eigenvalue weighted by Crippen LogP contribution is -2.18. The topological polar surface area (TPSA) is 18.5 Å². The molecule has 0 radical (unpaired) electrons. The van der Waals surface area contributed by atoms with Gasteiger partial charge in [-0.1, -0.05) is 13.8 Å². The van der Waals surface area contributed by atoms with Crippen LogP contribution in [-0.4, -0.2) is 19.5 Å². The minimum atomic E-state index is 0.0743. The van der Waals surface area contributed by atoms with Crippen LogP contribution in [0.25, 0.3) is 0 Å². The quantitative estimate of drug-likeness (QED) is 0.599. The van der Waals surface area contributed by atoms with Crippen LogP contribution in [0.2, 0.25) is 0 Å². The van der Waals surface area contributed by atoms with Crippen LogP contribution >= 0.6 is 0 Å². The zero-order chi connectivity index (χ0) is 8.72. The summed E-state index contributed by atoms with van der Waals surface area (Å²) in [5.74, 6) is 2.31. The molecule has 0 aromatic rings. The second kappa shape index (κ2) is 3.00. The molecule has 12 heavy (non-hydrogen) atoms. The Morgan fingerprint density at radius 1 is 1.17 bits per heavy atom. The van der Waals surface area contributed by atoms with E-state index in [0.717, 1.165) is 24.2 Å². The average molecular weight is 170 g/mol. The highest BCUT2D eigenvalue weighted by atomic mass is 16.7. The fourth-order valence-electron chi connectivity index (χ4n) is 2.85. The molecule has 1 saturated carbocycles. The van der Waals surface area contributed by atoms with Crippen LogP contribution in [0.4, 0.5) is 0 Å². The van der Waals surface area contributed by atoms with Crippen molar-refractivity contribution in [2.45, 2.75) is 39.1 Å². The molecule has 0 N–H and O–H groups in total. The Hall–Kier alpha value is -0.0800. The third kappa shape index (κ3) is 1.17. The molecule has 0 aromatic heterocycles. The van der Waals surface area contributed by atoms with E-state index in [1.54, 1.807) is 7.11 Å². The monoisotopic (exact) mass is 170 g/mol. The van der Waals surface area contributed by atoms with Gasteiger partial charge in [-0.05, 0) is 24.2 Å². The van der Waals surface area contributed by atoms with Gasteiger partial charge in [-0.3, -0.25) is 0 Å². The molecule has 1 aliphatic heterocycles. The van der Waals surface area contributed by atoms with Crippen LogP contribution < -0.4 is 0 Å². The first-order chi connectivity index (χ1) is 5.72. The number of fused-ring (bicyclic) bond motifs is 1. The summed E-state index contributed by atoms with van der Waals surface area (Å²) < 4.78 is 11.0. The van der Waals surface area contributed by atoms with Crippen molar-refractivity contribution in [1.82, 2.24) is 0 Å².